The van der Waals surface area contributed by atoms with E-state index in [0.29, 0.717) is 13.0 Å². The second-order valence-corrected chi connectivity index (χ2v) is 8.74. The van der Waals surface area contributed by atoms with Crippen LogP contribution in [0.2, 0.25) is 0 Å². The van der Waals surface area contributed by atoms with Gasteiger partial charge < -0.3 is 19.1 Å². The molecule has 11 heteroatoms. The van der Waals surface area contributed by atoms with E-state index in [4.69, 9.17) is 14.2 Å². The molecule has 0 saturated heterocycles. The lowest BCUT2D eigenvalue weighted by Crippen LogP contribution is -2.33. The molecule has 2 heterocycles. The Hall–Kier alpha value is -3.99. The first-order chi connectivity index (χ1) is 16.8. The lowest BCUT2D eigenvalue weighted by atomic mass is 10.1. The predicted octanol–water partition coefficient (Wildman–Crippen LogP) is 4.18. The van der Waals surface area contributed by atoms with Crippen LogP contribution in [0, 0.1) is 17.0 Å². The molecule has 4 rings (SSSR count). The van der Waals surface area contributed by atoms with E-state index in [1.165, 1.54) is 13.2 Å². The molecule has 3 aromatic rings. The minimum atomic E-state index is -1.000. The van der Waals surface area contributed by atoms with Gasteiger partial charge in [-0.05, 0) is 38.0 Å². The Morgan fingerprint density at radius 2 is 2.03 bits per heavy atom. The Labute approximate surface area is 205 Å². The number of hydrogen-bond donors (Lipinski definition) is 0. The first-order valence-electron chi connectivity index (χ1n) is 10.8. The third-order valence-electron chi connectivity index (χ3n) is 5.52. The van der Waals surface area contributed by atoms with Gasteiger partial charge in [-0.1, -0.05) is 6.07 Å². The summed E-state index contributed by atoms with van der Waals surface area (Å²) in [6, 6.07) is 8.06. The number of nitrogens with zero attached hydrogens (tertiary/aromatic N) is 3. The number of anilines is 1. The maximum Gasteiger partial charge on any atom is 0.345 e. The van der Waals surface area contributed by atoms with Crippen molar-refractivity contribution in [2.45, 2.75) is 20.3 Å². The highest BCUT2D eigenvalue weighted by Gasteiger charge is 2.29. The molecule has 182 valence electrons. The first-order valence-corrected chi connectivity index (χ1v) is 11.7. The Morgan fingerprint density at radius 1 is 1.23 bits per heavy atom. The van der Waals surface area contributed by atoms with Crippen molar-refractivity contribution in [1.29, 1.82) is 0 Å². The monoisotopic (exact) mass is 497 g/mol. The molecule has 0 bridgehead atoms. The number of benzene rings is 2. The van der Waals surface area contributed by atoms with Gasteiger partial charge in [0.25, 0.3) is 11.6 Å². The van der Waals surface area contributed by atoms with E-state index in [2.05, 4.69) is 4.98 Å². The van der Waals surface area contributed by atoms with Crippen LogP contribution in [-0.2, 0) is 16.0 Å². The molecule has 2 aromatic carbocycles. The number of carbonyl (C=O) groups excluding carboxylic acids is 2. The van der Waals surface area contributed by atoms with E-state index in [1.807, 2.05) is 30.5 Å². The van der Waals surface area contributed by atoms with Crippen molar-refractivity contribution < 1.29 is 28.7 Å². The van der Waals surface area contributed by atoms with Crippen LogP contribution in [0.25, 0.3) is 11.3 Å². The molecule has 1 aliphatic heterocycles. The molecule has 1 aliphatic rings. The van der Waals surface area contributed by atoms with Crippen molar-refractivity contribution in [3.05, 3.63) is 62.0 Å². The van der Waals surface area contributed by atoms with Crippen LogP contribution in [-0.4, -0.2) is 48.7 Å². The summed E-state index contributed by atoms with van der Waals surface area (Å²) in [7, 11) is 1.36. The number of aromatic nitrogens is 1. The van der Waals surface area contributed by atoms with Gasteiger partial charge in [0.05, 0.1) is 35.4 Å². The van der Waals surface area contributed by atoms with Crippen LogP contribution in [0.15, 0.2) is 35.7 Å². The highest BCUT2D eigenvalue weighted by molar-refractivity contribution is 7.09. The van der Waals surface area contributed by atoms with Crippen LogP contribution < -0.4 is 14.4 Å². The average Bonchev–Trinajstić information content (AvgIpc) is 3.48. The molecule has 10 nitrogen and oxygen atoms in total. The maximum absolute atomic E-state index is 12.8. The van der Waals surface area contributed by atoms with Crippen molar-refractivity contribution in [2.75, 3.05) is 31.8 Å². The molecule has 0 atom stereocenters. The molecule has 35 heavy (non-hydrogen) atoms. The third kappa shape index (κ3) is 4.94. The van der Waals surface area contributed by atoms with Crippen LogP contribution in [0.4, 0.5) is 11.4 Å². The number of aryl methyl sites for hydroxylation is 1. The standard InChI is InChI=1S/C24H23N3O7S/c1-4-33-22-11-20(27(30)31)17(10-21(22)32-3)24(29)34-12-23(28)26-8-7-16-9-15(5-6-19(16)26)18-13-35-14(2)25-18/h5-6,9-11,13H,4,7-8,12H2,1-3H3. The summed E-state index contributed by atoms with van der Waals surface area (Å²) in [4.78, 5) is 42.4. The average molecular weight is 498 g/mol. The minimum Gasteiger partial charge on any atom is -0.493 e. The Morgan fingerprint density at radius 3 is 2.69 bits per heavy atom. The van der Waals surface area contributed by atoms with Gasteiger partial charge in [0.15, 0.2) is 18.1 Å². The van der Waals surface area contributed by atoms with E-state index in [0.717, 1.165) is 33.6 Å². The molecule has 0 aliphatic carbocycles. The highest BCUT2D eigenvalue weighted by atomic mass is 32.1. The topological polar surface area (TPSA) is 121 Å². The number of fused-ring (bicyclic) bond motifs is 1. The van der Waals surface area contributed by atoms with Gasteiger partial charge in [-0.15, -0.1) is 11.3 Å². The number of ether oxygens (including phenoxy) is 3. The normalized spacial score (nSPS) is 12.3. The molecule has 0 unspecified atom stereocenters. The first kappa shape index (κ1) is 24.1. The zero-order valence-corrected chi connectivity index (χ0v) is 20.2. The zero-order chi connectivity index (χ0) is 25.1. The fourth-order valence-corrected chi connectivity index (χ4v) is 4.51. The van der Waals surface area contributed by atoms with Crippen LogP contribution in [0.3, 0.4) is 0 Å². The predicted molar refractivity (Wildman–Crippen MR) is 129 cm³/mol. The van der Waals surface area contributed by atoms with Crippen molar-refractivity contribution in [3.63, 3.8) is 0 Å². The summed E-state index contributed by atoms with van der Waals surface area (Å²) in [5.41, 5.74) is 2.79. The maximum atomic E-state index is 12.8. The van der Waals surface area contributed by atoms with Gasteiger partial charge in [-0.2, -0.15) is 0 Å². The third-order valence-corrected chi connectivity index (χ3v) is 6.29. The molecular formula is C24H23N3O7S. The van der Waals surface area contributed by atoms with E-state index in [1.54, 1.807) is 23.2 Å². The summed E-state index contributed by atoms with van der Waals surface area (Å²) < 4.78 is 15.7. The fraction of sp³-hybridized carbons (Fsp3) is 0.292. The van der Waals surface area contributed by atoms with Gasteiger partial charge >= 0.3 is 5.97 Å². The molecule has 0 fully saturated rings. The lowest BCUT2D eigenvalue weighted by Gasteiger charge is -2.17. The lowest BCUT2D eigenvalue weighted by molar-refractivity contribution is -0.385. The van der Waals surface area contributed by atoms with Crippen LogP contribution >= 0.6 is 11.3 Å². The number of carbonyl (C=O) groups is 2. The Balaban J connectivity index is 1.48. The number of amides is 1. The highest BCUT2D eigenvalue weighted by Crippen LogP contribution is 2.36. The van der Waals surface area contributed by atoms with Crippen molar-refractivity contribution in [1.82, 2.24) is 4.98 Å². The number of rotatable bonds is 8. The summed E-state index contributed by atoms with van der Waals surface area (Å²) >= 11 is 1.57. The van der Waals surface area contributed by atoms with E-state index < -0.39 is 29.1 Å². The van der Waals surface area contributed by atoms with Gasteiger partial charge in [0.1, 0.15) is 5.56 Å². The Kier molecular flexibility index (Phi) is 6.97. The van der Waals surface area contributed by atoms with Gasteiger partial charge in [0, 0.05) is 29.2 Å². The number of esters is 1. The molecule has 1 aromatic heterocycles. The van der Waals surface area contributed by atoms with E-state index >= 15 is 0 Å². The molecule has 0 N–H and O–H groups in total. The second-order valence-electron chi connectivity index (χ2n) is 7.68. The van der Waals surface area contributed by atoms with Crippen molar-refractivity contribution >= 4 is 34.6 Å². The molecule has 0 spiro atoms. The van der Waals surface area contributed by atoms with Gasteiger partial charge in [0.2, 0.25) is 0 Å². The molecule has 0 saturated carbocycles. The molecule has 0 radical (unpaired) electrons. The fourth-order valence-electron chi connectivity index (χ4n) is 3.89. The second kappa shape index (κ2) is 10.1. The number of hydrogen-bond acceptors (Lipinski definition) is 9. The zero-order valence-electron chi connectivity index (χ0n) is 19.4. The smallest absolute Gasteiger partial charge is 0.345 e. The number of thiazole rings is 1. The summed E-state index contributed by atoms with van der Waals surface area (Å²) in [5, 5.41) is 14.5. The summed E-state index contributed by atoms with van der Waals surface area (Å²) in [6.07, 6.45) is 0.660. The Bertz CT molecular complexity index is 1300. The quantitative estimate of drug-likeness (QED) is 0.258. The summed E-state index contributed by atoms with van der Waals surface area (Å²) in [6.45, 7) is 3.81. The number of nitro groups is 1. The van der Waals surface area contributed by atoms with Gasteiger partial charge in [-0.25, -0.2) is 9.78 Å². The van der Waals surface area contributed by atoms with Crippen LogP contribution in [0.1, 0.15) is 27.9 Å². The number of nitro benzene ring substituents is 1. The van der Waals surface area contributed by atoms with E-state index in [9.17, 15) is 19.7 Å². The number of methoxy groups -OCH3 is 1. The van der Waals surface area contributed by atoms with Gasteiger partial charge in [-0.3, -0.25) is 14.9 Å². The molecule has 1 amide bonds. The van der Waals surface area contributed by atoms with Crippen molar-refractivity contribution in [3.8, 4) is 22.8 Å². The summed E-state index contributed by atoms with van der Waals surface area (Å²) in [5.74, 6) is -1.14. The largest absolute Gasteiger partial charge is 0.493 e. The molecular weight excluding hydrogens is 474 g/mol. The van der Waals surface area contributed by atoms with Crippen LogP contribution in [0.5, 0.6) is 11.5 Å². The minimum absolute atomic E-state index is 0.134. The SMILES string of the molecule is CCOc1cc([N+](=O)[O-])c(C(=O)OCC(=O)N2CCc3cc(-c4csc(C)n4)ccc32)cc1OC. The van der Waals surface area contributed by atoms with E-state index in [-0.39, 0.29) is 23.7 Å². The van der Waals surface area contributed by atoms with Crippen molar-refractivity contribution in [2.24, 2.45) is 0 Å².